The van der Waals surface area contributed by atoms with Crippen molar-refractivity contribution in [3.05, 3.63) is 11.4 Å². The van der Waals surface area contributed by atoms with Crippen LogP contribution in [-0.4, -0.2) is 50.3 Å². The van der Waals surface area contributed by atoms with E-state index in [1.54, 1.807) is 12.4 Å². The third-order valence-corrected chi connectivity index (χ3v) is 7.09. The van der Waals surface area contributed by atoms with Crippen LogP contribution in [0.5, 0.6) is 0 Å². The molecule has 0 unspecified atom stereocenters. The third kappa shape index (κ3) is 3.10. The summed E-state index contributed by atoms with van der Waals surface area (Å²) in [5.41, 5.74) is 6.12. The van der Waals surface area contributed by atoms with Gasteiger partial charge in [-0.3, -0.25) is 0 Å². The summed E-state index contributed by atoms with van der Waals surface area (Å²) >= 11 is 1.19. The molecule has 0 spiro atoms. The minimum Gasteiger partial charge on any atom is -0.398 e. The number of nitrogens with two attached hydrogens (primary N) is 1. The molecule has 2 N–H and O–H groups in total. The second-order valence-electron chi connectivity index (χ2n) is 4.89. The average Bonchev–Trinajstić information content (AvgIpc) is 2.85. The highest BCUT2D eigenvalue weighted by atomic mass is 32.2. The number of anilines is 1. The first-order chi connectivity index (χ1) is 8.95. The third-order valence-electron chi connectivity index (χ3n) is 3.75. The number of hydrogen-bond acceptors (Lipinski definition) is 5. The van der Waals surface area contributed by atoms with Gasteiger partial charge < -0.3 is 10.6 Å². The molecule has 0 aliphatic carbocycles. The molecule has 0 radical (unpaired) electrons. The average molecular weight is 303 g/mol. The monoisotopic (exact) mass is 303 g/mol. The van der Waals surface area contributed by atoms with Gasteiger partial charge in [-0.25, -0.2) is 8.42 Å². The zero-order valence-electron chi connectivity index (χ0n) is 11.4. The van der Waals surface area contributed by atoms with Crippen LogP contribution in [0.1, 0.15) is 19.8 Å². The van der Waals surface area contributed by atoms with Gasteiger partial charge in [0.25, 0.3) is 10.0 Å². The first kappa shape index (κ1) is 14.8. The molecule has 5 nitrogen and oxygen atoms in total. The zero-order chi connectivity index (χ0) is 14.0. The van der Waals surface area contributed by atoms with E-state index in [0.29, 0.717) is 9.90 Å². The van der Waals surface area contributed by atoms with Gasteiger partial charge in [0, 0.05) is 24.2 Å². The lowest BCUT2D eigenvalue weighted by molar-refractivity contribution is 0.176. The van der Waals surface area contributed by atoms with E-state index < -0.39 is 10.0 Å². The lowest BCUT2D eigenvalue weighted by atomic mass is 10.1. The van der Waals surface area contributed by atoms with E-state index in [9.17, 15) is 8.42 Å². The minimum absolute atomic E-state index is 0.0936. The fraction of sp³-hybridized carbons (Fsp3) is 0.667. The maximum atomic E-state index is 12.5. The van der Waals surface area contributed by atoms with Crippen LogP contribution >= 0.6 is 11.3 Å². The maximum Gasteiger partial charge on any atom is 0.252 e. The topological polar surface area (TPSA) is 66.6 Å². The predicted molar refractivity (Wildman–Crippen MR) is 78.8 cm³/mol. The largest absolute Gasteiger partial charge is 0.398 e. The SMILES string of the molecule is CCN1CCC(N(C)S(=O)(=O)c2cc(N)cs2)CC1. The lowest BCUT2D eigenvalue weighted by Gasteiger charge is -2.35. The van der Waals surface area contributed by atoms with Crippen LogP contribution in [0, 0.1) is 0 Å². The first-order valence-corrected chi connectivity index (χ1v) is 8.81. The summed E-state index contributed by atoms with van der Waals surface area (Å²) in [6.07, 6.45) is 1.79. The fourth-order valence-corrected chi connectivity index (χ4v) is 5.08. The van der Waals surface area contributed by atoms with Crippen LogP contribution in [-0.2, 0) is 10.0 Å². The molecule has 108 valence electrons. The Morgan fingerprint density at radius 3 is 2.58 bits per heavy atom. The van der Waals surface area contributed by atoms with Gasteiger partial charge in [0.1, 0.15) is 4.21 Å². The van der Waals surface area contributed by atoms with Crippen molar-refractivity contribution >= 4 is 27.0 Å². The molecule has 1 aromatic rings. The number of nitrogen functional groups attached to an aromatic ring is 1. The van der Waals surface area contributed by atoms with Crippen LogP contribution in [0.4, 0.5) is 5.69 Å². The summed E-state index contributed by atoms with van der Waals surface area (Å²) in [6, 6.07) is 1.63. The van der Waals surface area contributed by atoms with Gasteiger partial charge in [-0.05, 0) is 38.5 Å². The van der Waals surface area contributed by atoms with Crippen molar-refractivity contribution in [3.63, 3.8) is 0 Å². The van der Waals surface area contributed by atoms with Crippen molar-refractivity contribution in [1.82, 2.24) is 9.21 Å². The Kier molecular flexibility index (Phi) is 4.50. The van der Waals surface area contributed by atoms with E-state index in [1.807, 2.05) is 0 Å². The van der Waals surface area contributed by atoms with Crippen molar-refractivity contribution in [1.29, 1.82) is 0 Å². The maximum absolute atomic E-state index is 12.5. The van der Waals surface area contributed by atoms with Crippen LogP contribution in [0.15, 0.2) is 15.7 Å². The van der Waals surface area contributed by atoms with Gasteiger partial charge in [0.2, 0.25) is 0 Å². The van der Waals surface area contributed by atoms with Crippen molar-refractivity contribution in [2.24, 2.45) is 0 Å². The molecule has 1 aliphatic heterocycles. The Bertz CT molecular complexity index is 519. The van der Waals surface area contributed by atoms with Gasteiger partial charge in [-0.2, -0.15) is 4.31 Å². The highest BCUT2D eigenvalue weighted by Gasteiger charge is 2.31. The van der Waals surface area contributed by atoms with Gasteiger partial charge in [0.05, 0.1) is 0 Å². The van der Waals surface area contributed by atoms with Crippen molar-refractivity contribution in [2.45, 2.75) is 30.0 Å². The van der Waals surface area contributed by atoms with Crippen molar-refractivity contribution in [2.75, 3.05) is 32.4 Å². The van der Waals surface area contributed by atoms with E-state index in [1.165, 1.54) is 21.7 Å². The number of rotatable bonds is 4. The zero-order valence-corrected chi connectivity index (χ0v) is 13.0. The lowest BCUT2D eigenvalue weighted by Crippen LogP contribution is -2.45. The first-order valence-electron chi connectivity index (χ1n) is 6.49. The summed E-state index contributed by atoms with van der Waals surface area (Å²) < 4.78 is 26.8. The number of sulfonamides is 1. The molecule has 0 aromatic carbocycles. The Balaban J connectivity index is 2.09. The highest BCUT2D eigenvalue weighted by molar-refractivity contribution is 7.91. The second-order valence-corrected chi connectivity index (χ2v) is 8.02. The standard InChI is InChI=1S/C12H21N3O2S2/c1-3-15-6-4-11(5-7-15)14(2)19(16,17)12-8-10(13)9-18-12/h8-9,11H,3-7,13H2,1-2H3. The molecule has 19 heavy (non-hydrogen) atoms. The molecule has 0 atom stereocenters. The Labute approximate surface area is 119 Å². The number of piperidine rings is 1. The molecule has 7 heteroatoms. The number of hydrogen-bond donors (Lipinski definition) is 1. The fourth-order valence-electron chi connectivity index (χ4n) is 2.40. The van der Waals surface area contributed by atoms with E-state index in [4.69, 9.17) is 5.73 Å². The molecule has 0 saturated carbocycles. The Morgan fingerprint density at radius 1 is 1.47 bits per heavy atom. The van der Waals surface area contributed by atoms with Crippen molar-refractivity contribution in [3.8, 4) is 0 Å². The minimum atomic E-state index is -3.39. The van der Waals surface area contributed by atoms with Gasteiger partial charge in [-0.1, -0.05) is 6.92 Å². The van der Waals surface area contributed by atoms with Gasteiger partial charge >= 0.3 is 0 Å². The smallest absolute Gasteiger partial charge is 0.252 e. The van der Waals surface area contributed by atoms with Crippen LogP contribution in [0.3, 0.4) is 0 Å². The predicted octanol–water partition coefficient (Wildman–Crippen LogP) is 1.44. The van der Waals surface area contributed by atoms with E-state index in [0.717, 1.165) is 32.5 Å². The molecule has 1 aromatic heterocycles. The summed E-state index contributed by atoms with van der Waals surface area (Å²) in [5.74, 6) is 0. The summed E-state index contributed by atoms with van der Waals surface area (Å²) in [6.45, 7) is 5.10. The highest BCUT2D eigenvalue weighted by Crippen LogP contribution is 2.27. The number of nitrogens with zero attached hydrogens (tertiary/aromatic N) is 2. The summed E-state index contributed by atoms with van der Waals surface area (Å²) in [4.78, 5) is 2.35. The Hall–Kier alpha value is -0.630. The van der Waals surface area contributed by atoms with Crippen LogP contribution in [0.25, 0.3) is 0 Å². The quantitative estimate of drug-likeness (QED) is 0.914. The molecule has 2 rings (SSSR count). The molecular formula is C12H21N3O2S2. The molecule has 1 aliphatic rings. The molecule has 0 bridgehead atoms. The molecule has 2 heterocycles. The summed E-state index contributed by atoms with van der Waals surface area (Å²) in [5, 5.41) is 1.67. The second kappa shape index (κ2) is 5.78. The van der Waals surface area contributed by atoms with Gasteiger partial charge in [0.15, 0.2) is 0 Å². The molecule has 1 fully saturated rings. The van der Waals surface area contributed by atoms with E-state index in [2.05, 4.69) is 11.8 Å². The summed E-state index contributed by atoms with van der Waals surface area (Å²) in [7, 11) is -1.71. The van der Waals surface area contributed by atoms with Crippen LogP contribution < -0.4 is 5.73 Å². The normalized spacial score (nSPS) is 19.1. The van der Waals surface area contributed by atoms with E-state index >= 15 is 0 Å². The van der Waals surface area contributed by atoms with Gasteiger partial charge in [-0.15, -0.1) is 11.3 Å². The van der Waals surface area contributed by atoms with E-state index in [-0.39, 0.29) is 6.04 Å². The van der Waals surface area contributed by atoms with Crippen LogP contribution in [0.2, 0.25) is 0 Å². The van der Waals surface area contributed by atoms with Crippen molar-refractivity contribution < 1.29 is 8.42 Å². The number of likely N-dealkylation sites (tertiary alicyclic amines) is 1. The Morgan fingerprint density at radius 2 is 2.11 bits per heavy atom. The molecular weight excluding hydrogens is 282 g/mol. The molecule has 0 amide bonds. The number of thiophene rings is 1. The molecule has 1 saturated heterocycles.